The highest BCUT2D eigenvalue weighted by atomic mass is 35.5. The molecule has 0 radical (unpaired) electrons. The van der Waals surface area contributed by atoms with Gasteiger partial charge in [0.25, 0.3) is 34.4 Å². The third-order valence-electron chi connectivity index (χ3n) is 25.8. The number of hydrogen-bond donors (Lipinski definition) is 2. The van der Waals surface area contributed by atoms with E-state index in [1.54, 1.807) is 97.5 Å². The predicted molar refractivity (Wildman–Crippen MR) is 566 cm³/mol. The van der Waals surface area contributed by atoms with E-state index in [0.29, 0.717) is 223 Å². The van der Waals surface area contributed by atoms with Crippen LogP contribution in [0.25, 0.3) is 49.8 Å². The number of halogens is 3. The Bertz CT molecular complexity index is 6420. The lowest BCUT2D eigenvalue weighted by Crippen LogP contribution is -2.51. The molecule has 0 saturated carbocycles. The van der Waals surface area contributed by atoms with Gasteiger partial charge >= 0.3 is 0 Å². The number of ether oxygens (including phenoxy) is 7. The van der Waals surface area contributed by atoms with E-state index in [1.807, 2.05) is 148 Å². The molecule has 0 spiro atoms. The predicted octanol–water partition coefficient (Wildman–Crippen LogP) is 14.9. The molecule has 4 aliphatic rings. The summed E-state index contributed by atoms with van der Waals surface area (Å²) in [5, 5.41) is 21.8. The molecule has 0 aliphatic carbocycles. The van der Waals surface area contributed by atoms with Gasteiger partial charge in [-0.3, -0.25) is 67.0 Å². The maximum atomic E-state index is 14.5. The number of benzene rings is 9. The molecule has 3 amide bonds. The number of aliphatic hydroxyl groups excluding tert-OH is 2. The third kappa shape index (κ3) is 30.2. The first-order valence-electron chi connectivity index (χ1n) is 50.2. The molecule has 9 aromatic carbocycles. The Morgan fingerprint density at radius 1 is 0.375 bits per heavy atom. The number of aryl methyl sites for hydroxylation is 2. The number of amides is 3. The Morgan fingerprint density at radius 3 is 1.13 bits per heavy atom. The molecule has 144 heavy (non-hydrogen) atoms. The first-order valence-corrected chi connectivity index (χ1v) is 51.3. The van der Waals surface area contributed by atoms with Gasteiger partial charge in [0.2, 0.25) is 0 Å². The molecule has 7 heterocycles. The van der Waals surface area contributed by atoms with Crippen molar-refractivity contribution in [2.75, 3.05) is 178 Å². The van der Waals surface area contributed by atoms with E-state index >= 15 is 0 Å². The van der Waals surface area contributed by atoms with E-state index in [-0.39, 0.29) is 91.8 Å². The van der Waals surface area contributed by atoms with Crippen LogP contribution >= 0.6 is 34.8 Å². The number of unbranched alkanes of at least 4 members (excludes halogenated alkanes) is 3. The molecule has 30 nitrogen and oxygen atoms in total. The summed E-state index contributed by atoms with van der Waals surface area (Å²) in [6.07, 6.45) is 6.61. The number of hydrogen-bond acceptors (Lipinski definition) is 24. The van der Waals surface area contributed by atoms with Crippen LogP contribution in [-0.2, 0) is 51.6 Å². The van der Waals surface area contributed by atoms with Crippen molar-refractivity contribution in [1.82, 2.24) is 72.8 Å². The minimum Gasteiger partial charge on any atom is -0.489 e. The second-order valence-electron chi connectivity index (χ2n) is 37.8. The first kappa shape index (κ1) is 108. The first-order chi connectivity index (χ1) is 69.7. The van der Waals surface area contributed by atoms with Gasteiger partial charge < -0.3 is 63.0 Å². The highest BCUT2D eigenvalue weighted by Crippen LogP contribution is 2.35. The van der Waals surface area contributed by atoms with Gasteiger partial charge in [-0.15, -0.1) is 0 Å². The smallest absolute Gasteiger partial charge is 0.266 e. The minimum absolute atomic E-state index is 0.0193. The molecular formula is C111H136Cl3N15O15. The fourth-order valence-electron chi connectivity index (χ4n) is 18.2. The topological polar surface area (TPSA) is 290 Å². The number of aliphatic hydroxyl groups is 2. The number of carbonyl (C=O) groups excluding carboxylic acids is 3. The Morgan fingerprint density at radius 2 is 0.729 bits per heavy atom. The Kier molecular flexibility index (Phi) is 39.9. The van der Waals surface area contributed by atoms with Crippen LogP contribution in [0, 0.1) is 0 Å². The second kappa shape index (κ2) is 53.3. The fraction of sp³-hybridized carbons (Fsp3) is 0.432. The van der Waals surface area contributed by atoms with Crippen molar-refractivity contribution in [3.8, 4) is 51.6 Å². The highest BCUT2D eigenvalue weighted by Gasteiger charge is 2.33. The lowest BCUT2D eigenvalue weighted by molar-refractivity contribution is -0.136. The number of β-amino-alcohol motifs (C(OH)–C–C–N with tert-alkyl or cyclic N) is 1. The maximum Gasteiger partial charge on any atom is 0.266 e. The molecule has 1 atom stereocenters. The molecule has 1 unspecified atom stereocenters. The molecule has 2 N–H and O–H groups in total. The van der Waals surface area contributed by atoms with Crippen LogP contribution in [-0.4, -0.2) is 297 Å². The van der Waals surface area contributed by atoms with Crippen molar-refractivity contribution < 1.29 is 57.8 Å². The van der Waals surface area contributed by atoms with Crippen LogP contribution in [0.3, 0.4) is 0 Å². The molecule has 4 aliphatic heterocycles. The second-order valence-corrected chi connectivity index (χ2v) is 39.1. The molecule has 0 bridgehead atoms. The fourth-order valence-corrected chi connectivity index (χ4v) is 18.5. The average molecular weight is 2030 g/mol. The van der Waals surface area contributed by atoms with Gasteiger partial charge in [0.1, 0.15) is 52.0 Å². The SMILES string of the molecule is CC(C)Oc1ccc(CCCCCN(C)C)cc1-n1c(CN2CCN(C(=O)COc3ccc(Cl)cc3)CC2)nc2ccccc2c1=O.CC(C)Oc1ccc(CCCCOCCO)cc1-n1c(CN2CCN(C(=O)COc3ccc(Cl)cc3)CC2)nc2ccccc2c1=O.CC(C)Oc1ccc(CN2CCN(CCO)CC2)cc1-n1c(C(C)N2CCN(C(=O)COc3ccc(Cl)cc3)CC2)nc2ccccc2c1=O. The third-order valence-corrected chi connectivity index (χ3v) is 26.5. The van der Waals surface area contributed by atoms with Crippen LogP contribution < -0.4 is 45.1 Å². The van der Waals surface area contributed by atoms with E-state index in [0.717, 1.165) is 101 Å². The minimum atomic E-state index is -0.231. The van der Waals surface area contributed by atoms with Crippen molar-refractivity contribution in [2.24, 2.45) is 0 Å². The van der Waals surface area contributed by atoms with Gasteiger partial charge in [0, 0.05) is 139 Å². The number of nitrogens with zero attached hydrogens (tertiary/aromatic N) is 15. The Hall–Kier alpha value is -11.9. The van der Waals surface area contributed by atoms with Gasteiger partial charge in [0.15, 0.2) is 19.8 Å². The average Bonchev–Trinajstić information content (AvgIpc) is 0.776. The zero-order valence-electron chi connectivity index (χ0n) is 84.2. The van der Waals surface area contributed by atoms with E-state index in [4.69, 9.17) is 88.0 Å². The zero-order chi connectivity index (χ0) is 102. The summed E-state index contributed by atoms with van der Waals surface area (Å²) >= 11 is 17.9. The molecule has 766 valence electrons. The van der Waals surface area contributed by atoms with Gasteiger partial charge in [-0.25, -0.2) is 15.0 Å². The largest absolute Gasteiger partial charge is 0.489 e. The van der Waals surface area contributed by atoms with Gasteiger partial charge in [-0.05, 0) is 270 Å². The van der Waals surface area contributed by atoms with Crippen molar-refractivity contribution in [2.45, 2.75) is 137 Å². The Labute approximate surface area is 858 Å². The van der Waals surface area contributed by atoms with Crippen molar-refractivity contribution in [1.29, 1.82) is 0 Å². The van der Waals surface area contributed by atoms with Crippen LogP contribution in [0.2, 0.25) is 15.1 Å². The standard InChI is InChI=1S/C38H47ClN6O5.C37H46ClN5O4.C36H43ClN4O6/c1-27(2)50-35-13-8-29(25-42-16-14-41(15-17-42)22-23-46)24-34(35)45-37(40-33-7-5-4-6-32(33)38(45)48)28(3)43-18-20-44(21-19-43)36(47)26-49-31-11-9-30(39)10-12-31;1-27(2)47-34-18-13-28(10-6-5-9-19-40(3)4)24-33(34)43-35(39-32-12-8-7-11-31(32)37(43)45)25-41-20-22-42(23-21-41)36(44)26-46-30-16-14-29(38)15-17-30;1-26(2)47-33-15-10-27(7-5-6-21-45-22-20-42)23-32(33)41-34(38-31-9-4-3-8-30(31)36(41)44)24-39-16-18-40(19-17-39)35(43)25-46-29-13-11-28(37)12-14-29/h4-13,24,27-28,46H,14-23,25-26H2,1-3H3;7-8,11-18,24,27H,5-6,9-10,19-23,25-26H2,1-4H3;3-4,8-15,23,26,42H,5-7,16-22,24-25H2,1-2H3. The summed E-state index contributed by atoms with van der Waals surface area (Å²) in [5.74, 6) is 5.38. The molecule has 33 heteroatoms. The molecule has 16 rings (SSSR count). The van der Waals surface area contributed by atoms with Crippen molar-refractivity contribution in [3.63, 3.8) is 0 Å². The van der Waals surface area contributed by atoms with E-state index < -0.39 is 0 Å². The summed E-state index contributed by atoms with van der Waals surface area (Å²) in [6.45, 7) is 29.1. The lowest BCUT2D eigenvalue weighted by atomic mass is 10.1. The van der Waals surface area contributed by atoms with Crippen LogP contribution in [0.1, 0.15) is 121 Å². The van der Waals surface area contributed by atoms with Gasteiger partial charge in [-0.1, -0.05) is 95.8 Å². The van der Waals surface area contributed by atoms with Crippen LogP contribution in [0.5, 0.6) is 34.5 Å². The quantitative estimate of drug-likeness (QED) is 0.0337. The summed E-state index contributed by atoms with van der Waals surface area (Å²) in [6, 6.07) is 61.4. The highest BCUT2D eigenvalue weighted by molar-refractivity contribution is 6.31. The molecular weight excluding hydrogens is 1890 g/mol. The summed E-state index contributed by atoms with van der Waals surface area (Å²) in [5.41, 5.74) is 6.93. The molecule has 12 aromatic rings. The molecule has 4 fully saturated rings. The van der Waals surface area contributed by atoms with Crippen molar-refractivity contribution in [3.05, 3.63) is 280 Å². The van der Waals surface area contributed by atoms with E-state index in [2.05, 4.69) is 74.7 Å². The maximum absolute atomic E-state index is 14.5. The number of rotatable bonds is 41. The van der Waals surface area contributed by atoms with Gasteiger partial charge in [0.05, 0.1) is 107 Å². The van der Waals surface area contributed by atoms with Crippen LogP contribution in [0.15, 0.2) is 215 Å². The summed E-state index contributed by atoms with van der Waals surface area (Å²) < 4.78 is 46.5. The molecule has 3 aromatic heterocycles. The number of aromatic nitrogens is 6. The zero-order valence-corrected chi connectivity index (χ0v) is 86.4. The molecule has 4 saturated heterocycles. The number of carbonyl (C=O) groups is 3. The normalized spacial score (nSPS) is 14.9. The monoisotopic (exact) mass is 2020 g/mol. The summed E-state index contributed by atoms with van der Waals surface area (Å²) in [7, 11) is 4.21. The number of para-hydroxylation sites is 3. The number of piperazine rings is 4. The number of fused-ring (bicyclic) bond motifs is 3. The summed E-state index contributed by atoms with van der Waals surface area (Å²) in [4.78, 5) is 116. The van der Waals surface area contributed by atoms with E-state index in [1.165, 1.54) is 5.56 Å². The van der Waals surface area contributed by atoms with E-state index in [9.17, 15) is 33.9 Å². The van der Waals surface area contributed by atoms with Crippen LogP contribution in [0.4, 0.5) is 0 Å². The van der Waals surface area contributed by atoms with Crippen molar-refractivity contribution >= 4 is 85.2 Å². The lowest BCUT2D eigenvalue weighted by Gasteiger charge is -2.38. The van der Waals surface area contributed by atoms with Gasteiger partial charge in [-0.2, -0.15) is 0 Å². The Balaban J connectivity index is 0.000000171.